The Morgan fingerprint density at radius 2 is 1.43 bits per heavy atom. The molecule has 0 radical (unpaired) electrons. The first-order valence-electron chi connectivity index (χ1n) is 6.66. The van der Waals surface area contributed by atoms with Gasteiger partial charge in [0.25, 0.3) is 0 Å². The molecule has 0 unspecified atom stereocenters. The van der Waals surface area contributed by atoms with E-state index in [0.717, 1.165) is 0 Å². The topological polar surface area (TPSA) is 67.8 Å². The van der Waals surface area contributed by atoms with E-state index in [-0.39, 0.29) is 22.3 Å². The minimum atomic E-state index is -0.111. The maximum absolute atomic E-state index is 12.6. The van der Waals surface area contributed by atoms with E-state index in [9.17, 15) is 4.79 Å². The number of benzene rings is 2. The van der Waals surface area contributed by atoms with Gasteiger partial charge in [0.2, 0.25) is 16.5 Å². The molecule has 0 atom stereocenters. The second-order valence-corrected chi connectivity index (χ2v) is 5.24. The van der Waals surface area contributed by atoms with Gasteiger partial charge in [0.15, 0.2) is 5.78 Å². The molecule has 2 aromatic carbocycles. The van der Waals surface area contributed by atoms with Crippen LogP contribution in [0.2, 0.25) is 10.6 Å². The Hall–Kier alpha value is -2.50. The molecule has 0 saturated heterocycles. The van der Waals surface area contributed by atoms with Crippen LogP contribution in [0.5, 0.6) is 0 Å². The summed E-state index contributed by atoms with van der Waals surface area (Å²) in [5.41, 5.74) is 1.64. The molecule has 3 aromatic rings. The Bertz CT molecular complexity index is 835. The van der Waals surface area contributed by atoms with Crippen molar-refractivity contribution in [3.8, 4) is 0 Å². The highest BCUT2D eigenvalue weighted by molar-refractivity contribution is 6.31. The maximum atomic E-state index is 12.6. The lowest BCUT2D eigenvalue weighted by atomic mass is 10.0. The van der Waals surface area contributed by atoms with E-state index in [4.69, 9.17) is 23.2 Å². The molecule has 0 aliphatic rings. The van der Waals surface area contributed by atoms with E-state index in [1.54, 1.807) is 36.4 Å². The summed E-state index contributed by atoms with van der Waals surface area (Å²) in [5.74, 6) is 0.0586. The highest BCUT2D eigenvalue weighted by Crippen LogP contribution is 2.22. The van der Waals surface area contributed by atoms with Crippen LogP contribution < -0.4 is 5.32 Å². The zero-order chi connectivity index (χ0) is 16.2. The second-order valence-electron chi connectivity index (χ2n) is 4.56. The average molecular weight is 345 g/mol. The summed E-state index contributed by atoms with van der Waals surface area (Å²) in [7, 11) is 0. The van der Waals surface area contributed by atoms with Crippen molar-refractivity contribution in [3.05, 3.63) is 76.3 Å². The molecule has 0 amide bonds. The molecule has 114 valence electrons. The second kappa shape index (κ2) is 6.73. The normalized spacial score (nSPS) is 10.3. The van der Waals surface area contributed by atoms with Crippen LogP contribution in [-0.4, -0.2) is 20.7 Å². The molecule has 0 aliphatic carbocycles. The quantitative estimate of drug-likeness (QED) is 0.720. The van der Waals surface area contributed by atoms with Crippen LogP contribution in [0.4, 0.5) is 11.6 Å². The standard InChI is InChI=1S/C16H10Cl2N4O/c17-14-20-15(18)22-16(21-14)19-12-9-5-4-8-11(12)13(23)10-6-2-1-3-7-10/h1-9H,(H,19,20,21,22). The van der Waals surface area contributed by atoms with Gasteiger partial charge < -0.3 is 5.32 Å². The number of anilines is 2. The summed E-state index contributed by atoms with van der Waals surface area (Å²) in [6.45, 7) is 0. The van der Waals surface area contributed by atoms with E-state index >= 15 is 0 Å². The third-order valence-corrected chi connectivity index (χ3v) is 3.37. The van der Waals surface area contributed by atoms with E-state index in [1.807, 2.05) is 18.2 Å². The van der Waals surface area contributed by atoms with Gasteiger partial charge in [0.05, 0.1) is 5.69 Å². The van der Waals surface area contributed by atoms with Crippen molar-refractivity contribution in [1.82, 2.24) is 15.0 Å². The SMILES string of the molecule is O=C(c1ccccc1)c1ccccc1Nc1nc(Cl)nc(Cl)n1. The van der Waals surface area contributed by atoms with Gasteiger partial charge in [-0.1, -0.05) is 42.5 Å². The number of aromatic nitrogens is 3. The summed E-state index contributed by atoms with van der Waals surface area (Å²) >= 11 is 11.5. The first-order valence-corrected chi connectivity index (χ1v) is 7.42. The lowest BCUT2D eigenvalue weighted by Crippen LogP contribution is -2.07. The van der Waals surface area contributed by atoms with E-state index in [1.165, 1.54) is 0 Å². The van der Waals surface area contributed by atoms with Gasteiger partial charge in [-0.3, -0.25) is 4.79 Å². The molecule has 0 aliphatic heterocycles. The number of nitrogens with one attached hydrogen (secondary N) is 1. The number of carbonyl (C=O) groups excluding carboxylic acids is 1. The molecule has 0 saturated carbocycles. The fourth-order valence-electron chi connectivity index (χ4n) is 2.04. The Labute approximate surface area is 142 Å². The average Bonchev–Trinajstić information content (AvgIpc) is 2.54. The molecule has 0 spiro atoms. The van der Waals surface area contributed by atoms with E-state index in [0.29, 0.717) is 16.8 Å². The maximum Gasteiger partial charge on any atom is 0.232 e. The van der Waals surface area contributed by atoms with Crippen molar-refractivity contribution in [3.63, 3.8) is 0 Å². The molecule has 23 heavy (non-hydrogen) atoms. The van der Waals surface area contributed by atoms with Gasteiger partial charge in [0, 0.05) is 11.1 Å². The fraction of sp³-hybridized carbons (Fsp3) is 0. The predicted molar refractivity (Wildman–Crippen MR) is 89.4 cm³/mol. The largest absolute Gasteiger partial charge is 0.323 e. The van der Waals surface area contributed by atoms with Crippen molar-refractivity contribution < 1.29 is 4.79 Å². The minimum absolute atomic E-state index is 0.0284. The molecule has 1 N–H and O–H groups in total. The van der Waals surface area contributed by atoms with Crippen LogP contribution >= 0.6 is 23.2 Å². The predicted octanol–water partition coefficient (Wildman–Crippen LogP) is 4.15. The first kappa shape index (κ1) is 15.4. The number of rotatable bonds is 4. The highest BCUT2D eigenvalue weighted by Gasteiger charge is 2.14. The molecule has 0 bridgehead atoms. The van der Waals surface area contributed by atoms with E-state index < -0.39 is 0 Å². The van der Waals surface area contributed by atoms with Gasteiger partial charge in [-0.25, -0.2) is 0 Å². The Morgan fingerprint density at radius 3 is 2.13 bits per heavy atom. The molecule has 3 rings (SSSR count). The van der Waals surface area contributed by atoms with Crippen LogP contribution in [0.25, 0.3) is 0 Å². The summed E-state index contributed by atoms with van der Waals surface area (Å²) in [4.78, 5) is 24.2. The van der Waals surface area contributed by atoms with Crippen LogP contribution in [0.3, 0.4) is 0 Å². The Balaban J connectivity index is 1.96. The van der Waals surface area contributed by atoms with E-state index in [2.05, 4.69) is 20.3 Å². The molecule has 7 heteroatoms. The Kier molecular flexibility index (Phi) is 4.50. The van der Waals surface area contributed by atoms with Crippen LogP contribution in [0.15, 0.2) is 54.6 Å². The molecule has 1 heterocycles. The third kappa shape index (κ3) is 3.64. The molecule has 5 nitrogen and oxygen atoms in total. The third-order valence-electron chi connectivity index (χ3n) is 3.03. The zero-order valence-corrected chi connectivity index (χ0v) is 13.2. The number of hydrogen-bond donors (Lipinski definition) is 1. The van der Waals surface area contributed by atoms with Crippen molar-refractivity contribution in [2.24, 2.45) is 0 Å². The lowest BCUT2D eigenvalue weighted by molar-refractivity contribution is 0.103. The van der Waals surface area contributed by atoms with Crippen molar-refractivity contribution >= 4 is 40.6 Å². The van der Waals surface area contributed by atoms with Crippen molar-refractivity contribution in [1.29, 1.82) is 0 Å². The van der Waals surface area contributed by atoms with Crippen LogP contribution in [0, 0.1) is 0 Å². The molecular formula is C16H10Cl2N4O. The number of carbonyl (C=O) groups is 1. The number of para-hydroxylation sites is 1. The number of ketones is 1. The van der Waals surface area contributed by atoms with Gasteiger partial charge in [-0.05, 0) is 35.3 Å². The summed E-state index contributed by atoms with van der Waals surface area (Å²) < 4.78 is 0. The molecule has 0 fully saturated rings. The summed E-state index contributed by atoms with van der Waals surface area (Å²) in [6.07, 6.45) is 0. The highest BCUT2D eigenvalue weighted by atomic mass is 35.5. The number of nitrogens with zero attached hydrogens (tertiary/aromatic N) is 3. The Morgan fingerprint density at radius 1 is 0.826 bits per heavy atom. The van der Waals surface area contributed by atoms with Crippen molar-refractivity contribution in [2.45, 2.75) is 0 Å². The monoisotopic (exact) mass is 344 g/mol. The first-order chi connectivity index (χ1) is 11.1. The zero-order valence-electron chi connectivity index (χ0n) is 11.7. The molecular weight excluding hydrogens is 335 g/mol. The summed E-state index contributed by atoms with van der Waals surface area (Å²) in [5, 5.41) is 2.90. The smallest absolute Gasteiger partial charge is 0.232 e. The van der Waals surface area contributed by atoms with Gasteiger partial charge >= 0.3 is 0 Å². The lowest BCUT2D eigenvalue weighted by Gasteiger charge is -2.10. The summed E-state index contributed by atoms with van der Waals surface area (Å²) in [6, 6.07) is 16.1. The van der Waals surface area contributed by atoms with Crippen LogP contribution in [-0.2, 0) is 0 Å². The van der Waals surface area contributed by atoms with Crippen LogP contribution in [0.1, 0.15) is 15.9 Å². The molecule has 1 aromatic heterocycles. The number of halogens is 2. The van der Waals surface area contributed by atoms with Gasteiger partial charge in [0.1, 0.15) is 0 Å². The fourth-order valence-corrected chi connectivity index (χ4v) is 2.40. The van der Waals surface area contributed by atoms with Gasteiger partial charge in [-0.15, -0.1) is 0 Å². The van der Waals surface area contributed by atoms with Crippen molar-refractivity contribution in [2.75, 3.05) is 5.32 Å². The number of hydrogen-bond acceptors (Lipinski definition) is 5. The van der Waals surface area contributed by atoms with Gasteiger partial charge in [-0.2, -0.15) is 15.0 Å². The minimum Gasteiger partial charge on any atom is -0.323 e.